The molecule has 0 radical (unpaired) electrons. The molecule has 0 aliphatic heterocycles. The van der Waals surface area contributed by atoms with Gasteiger partial charge in [-0.15, -0.1) is 22.7 Å². The van der Waals surface area contributed by atoms with Gasteiger partial charge in [0.2, 0.25) is 10.0 Å². The minimum Gasteiger partial charge on any atom is -0.462 e. The zero-order valence-electron chi connectivity index (χ0n) is 16.5. The van der Waals surface area contributed by atoms with Gasteiger partial charge in [0, 0.05) is 35.5 Å². The number of carbonyl (C=O) groups excluding carboxylic acids is 2. The van der Waals surface area contributed by atoms with E-state index in [1.54, 1.807) is 12.3 Å². The molecule has 3 rings (SSSR count). The second-order valence-corrected chi connectivity index (χ2v) is 10.3. The molecule has 2 heterocycles. The summed E-state index contributed by atoms with van der Waals surface area (Å²) < 4.78 is 30.6. The number of esters is 1. The number of nitrogens with one attached hydrogen (secondary N) is 1. The fraction of sp³-hybridized carbons (Fsp3) is 0.200. The number of thiophene rings is 2. The molecule has 2 aromatic heterocycles. The van der Waals surface area contributed by atoms with Gasteiger partial charge in [0.05, 0.1) is 11.5 Å². The number of nitrogens with zero attached hydrogens (tertiary/aromatic N) is 1. The average Bonchev–Trinajstić information content (AvgIpc) is 3.37. The smallest absolute Gasteiger partial charge is 0.341 e. The van der Waals surface area contributed by atoms with Gasteiger partial charge in [-0.25, -0.2) is 17.5 Å². The second kappa shape index (κ2) is 9.09. The highest BCUT2D eigenvalue weighted by Gasteiger charge is 2.24. The first-order valence-corrected chi connectivity index (χ1v) is 12.1. The van der Waals surface area contributed by atoms with Crippen molar-refractivity contribution >= 4 is 49.6 Å². The van der Waals surface area contributed by atoms with Crippen molar-refractivity contribution in [2.75, 3.05) is 26.0 Å². The Balaban J connectivity index is 1.89. The Morgan fingerprint density at radius 3 is 2.37 bits per heavy atom. The molecule has 7 nitrogen and oxygen atoms in total. The minimum atomic E-state index is -3.58. The Hall–Kier alpha value is -2.53. The average molecular weight is 465 g/mol. The normalized spacial score (nSPS) is 11.5. The van der Waals surface area contributed by atoms with Crippen LogP contribution in [0.2, 0.25) is 0 Å². The van der Waals surface area contributed by atoms with Crippen LogP contribution in [0, 0.1) is 0 Å². The van der Waals surface area contributed by atoms with Crippen LogP contribution in [-0.4, -0.2) is 45.3 Å². The monoisotopic (exact) mass is 464 g/mol. The SMILES string of the molecule is CCOC(=O)c1c(-c2cccs2)csc1NC(=O)c1ccc(S(=O)(=O)N(C)C)cc1. The van der Waals surface area contributed by atoms with Crippen LogP contribution in [0.25, 0.3) is 10.4 Å². The van der Waals surface area contributed by atoms with Crippen molar-refractivity contribution in [1.82, 2.24) is 4.31 Å². The summed E-state index contributed by atoms with van der Waals surface area (Å²) in [4.78, 5) is 26.3. The number of carbonyl (C=O) groups is 2. The lowest BCUT2D eigenvalue weighted by atomic mass is 10.1. The zero-order chi connectivity index (χ0) is 21.9. The lowest BCUT2D eigenvalue weighted by Crippen LogP contribution is -2.22. The highest BCUT2D eigenvalue weighted by atomic mass is 32.2. The molecule has 1 aromatic carbocycles. The van der Waals surface area contributed by atoms with Crippen LogP contribution in [0.5, 0.6) is 0 Å². The van der Waals surface area contributed by atoms with Crippen LogP contribution < -0.4 is 5.32 Å². The lowest BCUT2D eigenvalue weighted by molar-refractivity contribution is 0.0529. The van der Waals surface area contributed by atoms with Crippen LogP contribution in [0.1, 0.15) is 27.6 Å². The quantitative estimate of drug-likeness (QED) is 0.530. The maximum Gasteiger partial charge on any atom is 0.341 e. The number of hydrogen-bond acceptors (Lipinski definition) is 7. The molecule has 3 aromatic rings. The summed E-state index contributed by atoms with van der Waals surface area (Å²) in [6.07, 6.45) is 0. The van der Waals surface area contributed by atoms with Crippen molar-refractivity contribution in [1.29, 1.82) is 0 Å². The van der Waals surface area contributed by atoms with E-state index in [9.17, 15) is 18.0 Å². The van der Waals surface area contributed by atoms with Crippen LogP contribution >= 0.6 is 22.7 Å². The molecule has 158 valence electrons. The van der Waals surface area contributed by atoms with Gasteiger partial charge in [0.25, 0.3) is 5.91 Å². The number of sulfonamides is 1. The summed E-state index contributed by atoms with van der Waals surface area (Å²) in [6.45, 7) is 1.93. The summed E-state index contributed by atoms with van der Waals surface area (Å²) >= 11 is 2.72. The second-order valence-electron chi connectivity index (χ2n) is 6.32. The van der Waals surface area contributed by atoms with Crippen molar-refractivity contribution in [3.8, 4) is 10.4 Å². The molecular formula is C20H20N2O5S3. The molecule has 0 atom stereocenters. The van der Waals surface area contributed by atoms with E-state index in [2.05, 4.69) is 5.32 Å². The number of benzene rings is 1. The van der Waals surface area contributed by atoms with Gasteiger partial charge in [0.15, 0.2) is 0 Å². The lowest BCUT2D eigenvalue weighted by Gasteiger charge is -2.12. The van der Waals surface area contributed by atoms with E-state index in [1.807, 2.05) is 17.5 Å². The van der Waals surface area contributed by atoms with Gasteiger partial charge in [-0.2, -0.15) is 0 Å². The van der Waals surface area contributed by atoms with Crippen molar-refractivity contribution in [2.24, 2.45) is 0 Å². The molecule has 0 aliphatic carbocycles. The van der Waals surface area contributed by atoms with E-state index >= 15 is 0 Å². The van der Waals surface area contributed by atoms with E-state index in [0.717, 1.165) is 9.18 Å². The molecule has 0 unspecified atom stereocenters. The zero-order valence-corrected chi connectivity index (χ0v) is 19.0. The predicted octanol–water partition coefficient (Wildman–Crippen LogP) is 4.16. The maximum absolute atomic E-state index is 12.7. The largest absolute Gasteiger partial charge is 0.462 e. The third-order valence-electron chi connectivity index (χ3n) is 4.18. The topological polar surface area (TPSA) is 92.8 Å². The standard InChI is InChI=1S/C20H20N2O5S3/c1-4-27-20(24)17-15(16-6-5-11-28-16)12-29-19(17)21-18(23)13-7-9-14(10-8-13)30(25,26)22(2)3/h5-12H,4H2,1-3H3,(H,21,23). The summed E-state index contributed by atoms with van der Waals surface area (Å²) in [5.41, 5.74) is 1.29. The van der Waals surface area contributed by atoms with Gasteiger partial charge in [-0.1, -0.05) is 6.07 Å². The molecule has 10 heteroatoms. The molecule has 1 N–H and O–H groups in total. The predicted molar refractivity (Wildman–Crippen MR) is 119 cm³/mol. The van der Waals surface area contributed by atoms with Crippen LogP contribution in [0.3, 0.4) is 0 Å². The van der Waals surface area contributed by atoms with Crippen molar-refractivity contribution < 1.29 is 22.7 Å². The fourth-order valence-electron chi connectivity index (χ4n) is 2.63. The molecule has 0 fully saturated rings. The summed E-state index contributed by atoms with van der Waals surface area (Å²) in [5, 5.41) is 6.85. The van der Waals surface area contributed by atoms with Gasteiger partial charge in [-0.3, -0.25) is 4.79 Å². The molecule has 0 bridgehead atoms. The number of ether oxygens (including phenoxy) is 1. The molecule has 0 saturated carbocycles. The highest BCUT2D eigenvalue weighted by Crippen LogP contribution is 2.38. The van der Waals surface area contributed by atoms with E-state index in [1.165, 1.54) is 61.0 Å². The molecule has 1 amide bonds. The Morgan fingerprint density at radius 1 is 1.10 bits per heavy atom. The maximum atomic E-state index is 12.7. The number of hydrogen-bond donors (Lipinski definition) is 1. The first kappa shape index (κ1) is 22.2. The first-order chi connectivity index (χ1) is 14.3. The fourth-order valence-corrected chi connectivity index (χ4v) is 5.30. The molecule has 0 aliphatic rings. The summed E-state index contributed by atoms with van der Waals surface area (Å²) in [6, 6.07) is 9.40. The Labute approximate surface area is 183 Å². The number of rotatable bonds is 7. The van der Waals surface area contributed by atoms with Gasteiger partial charge >= 0.3 is 5.97 Å². The Kier molecular flexibility index (Phi) is 6.71. The van der Waals surface area contributed by atoms with Crippen molar-refractivity contribution in [3.63, 3.8) is 0 Å². The van der Waals surface area contributed by atoms with Crippen LogP contribution in [0.15, 0.2) is 52.1 Å². The number of anilines is 1. The number of amides is 1. The summed E-state index contributed by atoms with van der Waals surface area (Å²) in [5.74, 6) is -0.959. The minimum absolute atomic E-state index is 0.0902. The summed E-state index contributed by atoms with van der Waals surface area (Å²) in [7, 11) is -0.702. The van der Waals surface area contributed by atoms with Crippen LogP contribution in [-0.2, 0) is 14.8 Å². The third kappa shape index (κ3) is 4.46. The van der Waals surface area contributed by atoms with Crippen molar-refractivity contribution in [3.05, 3.63) is 58.3 Å². The molecule has 0 spiro atoms. The van der Waals surface area contributed by atoms with E-state index in [4.69, 9.17) is 4.74 Å². The van der Waals surface area contributed by atoms with Gasteiger partial charge in [0.1, 0.15) is 10.6 Å². The Bertz CT molecular complexity index is 1150. The van der Waals surface area contributed by atoms with E-state index in [0.29, 0.717) is 16.1 Å². The van der Waals surface area contributed by atoms with Gasteiger partial charge < -0.3 is 10.1 Å². The van der Waals surface area contributed by atoms with E-state index in [-0.39, 0.29) is 17.1 Å². The molecule has 0 saturated heterocycles. The van der Waals surface area contributed by atoms with E-state index < -0.39 is 21.9 Å². The van der Waals surface area contributed by atoms with Crippen LogP contribution in [0.4, 0.5) is 5.00 Å². The first-order valence-electron chi connectivity index (χ1n) is 8.92. The highest BCUT2D eigenvalue weighted by molar-refractivity contribution is 7.89. The van der Waals surface area contributed by atoms with Crippen molar-refractivity contribution in [2.45, 2.75) is 11.8 Å². The molecular weight excluding hydrogens is 444 g/mol. The Morgan fingerprint density at radius 2 is 1.80 bits per heavy atom. The molecule has 30 heavy (non-hydrogen) atoms. The van der Waals surface area contributed by atoms with Gasteiger partial charge in [-0.05, 0) is 42.6 Å². The third-order valence-corrected chi connectivity index (χ3v) is 7.81.